The van der Waals surface area contributed by atoms with Gasteiger partial charge in [0.25, 0.3) is 0 Å². The molecule has 1 fully saturated rings. The van der Waals surface area contributed by atoms with Gasteiger partial charge in [-0.3, -0.25) is 4.68 Å². The summed E-state index contributed by atoms with van der Waals surface area (Å²) in [4.78, 5) is 7.31. The van der Waals surface area contributed by atoms with Crippen molar-refractivity contribution in [3.05, 3.63) is 46.8 Å². The number of hydrogen-bond donors (Lipinski definition) is 2. The van der Waals surface area contributed by atoms with E-state index >= 15 is 0 Å². The molecule has 1 saturated heterocycles. The lowest BCUT2D eigenvalue weighted by atomic mass is 9.88. The van der Waals surface area contributed by atoms with Gasteiger partial charge in [-0.2, -0.15) is 5.10 Å². The normalized spacial score (nSPS) is 19.4. The molecule has 1 aliphatic carbocycles. The molecule has 4 rings (SSSR count). The maximum atomic E-state index is 10.5. The van der Waals surface area contributed by atoms with Crippen LogP contribution in [0, 0.1) is 5.92 Å². The van der Waals surface area contributed by atoms with Crippen molar-refractivity contribution >= 4 is 5.96 Å². The molecule has 1 atom stereocenters. The quantitative estimate of drug-likeness (QED) is 0.603. The van der Waals surface area contributed by atoms with E-state index in [1.54, 1.807) is 0 Å². The van der Waals surface area contributed by atoms with Crippen LogP contribution in [-0.4, -0.2) is 45.4 Å². The first-order chi connectivity index (χ1) is 14.1. The third-order valence-electron chi connectivity index (χ3n) is 6.22. The number of hydrogen-bond acceptors (Lipinski definition) is 3. The fourth-order valence-corrected chi connectivity index (χ4v) is 4.75. The van der Waals surface area contributed by atoms with Crippen LogP contribution in [0.25, 0.3) is 0 Å². The second-order valence-corrected chi connectivity index (χ2v) is 8.41. The minimum Gasteiger partial charge on any atom is -0.508 e. The lowest BCUT2D eigenvalue weighted by Gasteiger charge is -2.23. The number of aromatic hydroxyl groups is 1. The number of nitrogens with zero attached hydrogens (tertiary/aromatic N) is 4. The van der Waals surface area contributed by atoms with Crippen LogP contribution >= 0.6 is 0 Å². The summed E-state index contributed by atoms with van der Waals surface area (Å²) in [5.41, 5.74) is 5.04. The highest BCUT2D eigenvalue weighted by Gasteiger charge is 2.25. The van der Waals surface area contributed by atoms with E-state index < -0.39 is 0 Å². The molecule has 1 aromatic heterocycles. The van der Waals surface area contributed by atoms with Crippen molar-refractivity contribution in [2.24, 2.45) is 18.0 Å². The van der Waals surface area contributed by atoms with Gasteiger partial charge in [-0.05, 0) is 74.1 Å². The summed E-state index contributed by atoms with van der Waals surface area (Å²) in [5.74, 6) is 1.98. The Morgan fingerprint density at radius 3 is 2.97 bits per heavy atom. The van der Waals surface area contributed by atoms with Crippen molar-refractivity contribution in [1.82, 2.24) is 20.0 Å². The van der Waals surface area contributed by atoms with E-state index in [2.05, 4.69) is 34.5 Å². The van der Waals surface area contributed by atoms with Crippen molar-refractivity contribution in [2.45, 2.75) is 52.0 Å². The first kappa shape index (κ1) is 19.8. The summed E-state index contributed by atoms with van der Waals surface area (Å²) in [6, 6.07) is 3.94. The third kappa shape index (κ3) is 4.57. The van der Waals surface area contributed by atoms with E-state index in [4.69, 9.17) is 4.99 Å². The molecule has 6 nitrogen and oxygen atoms in total. The van der Waals surface area contributed by atoms with Crippen LogP contribution in [0.4, 0.5) is 0 Å². The van der Waals surface area contributed by atoms with Gasteiger partial charge in [0.2, 0.25) is 0 Å². The van der Waals surface area contributed by atoms with Gasteiger partial charge >= 0.3 is 0 Å². The lowest BCUT2D eigenvalue weighted by Crippen LogP contribution is -2.40. The smallest absolute Gasteiger partial charge is 0.194 e. The standard InChI is InChI=1S/C23H33N5O/c1-3-24-23(28-11-10-17(16-28)12-18-13-26-27(2)15-18)25-14-21-20-7-5-4-6-19(20)8-9-22(21)29/h8-9,13,15,17,29H,3-7,10-12,14,16H2,1-2H3,(H,24,25). The third-order valence-corrected chi connectivity index (χ3v) is 6.22. The number of benzene rings is 1. The molecule has 0 spiro atoms. The van der Waals surface area contributed by atoms with Gasteiger partial charge < -0.3 is 15.3 Å². The Kier molecular flexibility index (Phi) is 6.07. The molecular weight excluding hydrogens is 362 g/mol. The topological polar surface area (TPSA) is 65.7 Å². The Labute approximate surface area is 173 Å². The molecule has 2 aromatic rings. The number of fused-ring (bicyclic) bond motifs is 1. The van der Waals surface area contributed by atoms with Crippen molar-refractivity contribution in [3.63, 3.8) is 0 Å². The zero-order valence-electron chi connectivity index (χ0n) is 17.7. The molecule has 0 amide bonds. The monoisotopic (exact) mass is 395 g/mol. The number of likely N-dealkylation sites (tertiary alicyclic amines) is 1. The number of aliphatic imine (C=N–C) groups is 1. The largest absolute Gasteiger partial charge is 0.508 e. The van der Waals surface area contributed by atoms with Crippen LogP contribution in [0.15, 0.2) is 29.5 Å². The molecular formula is C23H33N5O. The number of nitrogens with one attached hydrogen (secondary N) is 1. The number of guanidine groups is 1. The average Bonchev–Trinajstić information content (AvgIpc) is 3.35. The lowest BCUT2D eigenvalue weighted by molar-refractivity contribution is 0.456. The van der Waals surface area contributed by atoms with E-state index in [0.29, 0.717) is 18.2 Å². The summed E-state index contributed by atoms with van der Waals surface area (Å²) < 4.78 is 1.88. The second-order valence-electron chi connectivity index (χ2n) is 8.41. The highest BCUT2D eigenvalue weighted by Crippen LogP contribution is 2.31. The van der Waals surface area contributed by atoms with Crippen LogP contribution < -0.4 is 5.32 Å². The van der Waals surface area contributed by atoms with Gasteiger partial charge in [-0.25, -0.2) is 4.99 Å². The molecule has 6 heteroatoms. The van der Waals surface area contributed by atoms with Crippen molar-refractivity contribution in [2.75, 3.05) is 19.6 Å². The average molecular weight is 396 g/mol. The molecule has 0 bridgehead atoms. The van der Waals surface area contributed by atoms with E-state index in [9.17, 15) is 5.11 Å². The molecule has 29 heavy (non-hydrogen) atoms. The van der Waals surface area contributed by atoms with Crippen LogP contribution in [-0.2, 0) is 32.9 Å². The van der Waals surface area contributed by atoms with E-state index in [0.717, 1.165) is 50.4 Å². The Balaban J connectivity index is 1.46. The fourth-order valence-electron chi connectivity index (χ4n) is 4.75. The van der Waals surface area contributed by atoms with Gasteiger partial charge in [0.15, 0.2) is 5.96 Å². The predicted octanol–water partition coefficient (Wildman–Crippen LogP) is 3.03. The van der Waals surface area contributed by atoms with Gasteiger partial charge in [0, 0.05) is 38.4 Å². The van der Waals surface area contributed by atoms with Gasteiger partial charge in [-0.1, -0.05) is 6.07 Å². The first-order valence-corrected chi connectivity index (χ1v) is 11.0. The molecule has 156 valence electrons. The molecule has 2 N–H and O–H groups in total. The number of phenolic OH excluding ortho intramolecular Hbond substituents is 1. The zero-order valence-corrected chi connectivity index (χ0v) is 17.7. The molecule has 2 heterocycles. The zero-order chi connectivity index (χ0) is 20.2. The summed E-state index contributed by atoms with van der Waals surface area (Å²) >= 11 is 0. The Bertz CT molecular complexity index is 872. The van der Waals surface area contributed by atoms with E-state index in [-0.39, 0.29) is 0 Å². The van der Waals surface area contributed by atoms with E-state index in [1.807, 2.05) is 24.0 Å². The molecule has 0 radical (unpaired) electrons. The minimum absolute atomic E-state index is 0.390. The minimum atomic E-state index is 0.390. The molecule has 2 aliphatic rings. The van der Waals surface area contributed by atoms with Gasteiger partial charge in [-0.15, -0.1) is 0 Å². The maximum Gasteiger partial charge on any atom is 0.194 e. The maximum absolute atomic E-state index is 10.5. The van der Waals surface area contributed by atoms with Crippen molar-refractivity contribution in [3.8, 4) is 5.75 Å². The Hall–Kier alpha value is -2.50. The van der Waals surface area contributed by atoms with Gasteiger partial charge in [0.05, 0.1) is 12.7 Å². The fraction of sp³-hybridized carbons (Fsp3) is 0.565. The molecule has 1 aromatic carbocycles. The SMILES string of the molecule is CCNC(=NCc1c(O)ccc2c1CCCC2)N1CCC(Cc2cnn(C)c2)C1. The summed E-state index contributed by atoms with van der Waals surface area (Å²) in [6.45, 7) is 5.54. The predicted molar refractivity (Wildman–Crippen MR) is 116 cm³/mol. The van der Waals surface area contributed by atoms with Crippen molar-refractivity contribution < 1.29 is 5.11 Å². The summed E-state index contributed by atoms with van der Waals surface area (Å²) in [7, 11) is 1.97. The van der Waals surface area contributed by atoms with Crippen LogP contribution in [0.1, 0.15) is 48.4 Å². The van der Waals surface area contributed by atoms with Crippen molar-refractivity contribution in [1.29, 1.82) is 0 Å². The Morgan fingerprint density at radius 2 is 2.17 bits per heavy atom. The molecule has 1 aliphatic heterocycles. The van der Waals surface area contributed by atoms with Gasteiger partial charge in [0.1, 0.15) is 5.75 Å². The van der Waals surface area contributed by atoms with E-state index in [1.165, 1.54) is 36.0 Å². The van der Waals surface area contributed by atoms with Crippen LogP contribution in [0.3, 0.4) is 0 Å². The number of aryl methyl sites for hydroxylation is 2. The highest BCUT2D eigenvalue weighted by molar-refractivity contribution is 5.80. The summed E-state index contributed by atoms with van der Waals surface area (Å²) in [6.07, 6.45) is 11.0. The van der Waals surface area contributed by atoms with Crippen LogP contribution in [0.2, 0.25) is 0 Å². The molecule has 0 saturated carbocycles. The second kappa shape index (κ2) is 8.89. The number of phenols is 1. The number of rotatable bonds is 5. The van der Waals surface area contributed by atoms with Crippen LogP contribution in [0.5, 0.6) is 5.75 Å². The Morgan fingerprint density at radius 1 is 1.31 bits per heavy atom. The first-order valence-electron chi connectivity index (χ1n) is 11.0. The highest BCUT2D eigenvalue weighted by atomic mass is 16.3. The molecule has 1 unspecified atom stereocenters. The number of aromatic nitrogens is 2. The summed E-state index contributed by atoms with van der Waals surface area (Å²) in [5, 5.41) is 18.2.